The van der Waals surface area contributed by atoms with Crippen LogP contribution in [0.2, 0.25) is 0 Å². The number of hydrogen-bond acceptors (Lipinski definition) is 5. The topological polar surface area (TPSA) is 77.3 Å². The summed E-state index contributed by atoms with van der Waals surface area (Å²) in [5.74, 6) is 0.406. The summed E-state index contributed by atoms with van der Waals surface area (Å²) in [6.45, 7) is 0.907. The van der Waals surface area contributed by atoms with Crippen molar-refractivity contribution in [2.45, 2.75) is 12.6 Å². The molecule has 1 aliphatic rings. The van der Waals surface area contributed by atoms with E-state index in [-0.39, 0.29) is 24.1 Å². The molecule has 2 aromatic heterocycles. The number of pyridine rings is 1. The zero-order chi connectivity index (χ0) is 17.2. The zero-order valence-corrected chi connectivity index (χ0v) is 13.4. The zero-order valence-electron chi connectivity index (χ0n) is 13.4. The predicted molar refractivity (Wildman–Crippen MR) is 91.2 cm³/mol. The summed E-state index contributed by atoms with van der Waals surface area (Å²) in [6, 6.07) is 14.6. The fourth-order valence-corrected chi connectivity index (χ4v) is 2.73. The maximum absolute atomic E-state index is 12.2. The summed E-state index contributed by atoms with van der Waals surface area (Å²) in [4.78, 5) is 29.9. The van der Waals surface area contributed by atoms with E-state index < -0.39 is 0 Å². The standard InChI is InChI=1S/C18H16N4O3/c23-17-6-3-9-19-22(17)12-18(24)21-10-14(11-21)25-16-8-7-13-4-1-2-5-15(13)20-16/h1-9,14H,10-12H2. The van der Waals surface area contributed by atoms with E-state index in [4.69, 9.17) is 4.74 Å². The molecule has 1 saturated heterocycles. The number of fused-ring (bicyclic) bond motifs is 1. The van der Waals surface area contributed by atoms with Crippen molar-refractivity contribution in [2.24, 2.45) is 0 Å². The van der Waals surface area contributed by atoms with Gasteiger partial charge in [-0.2, -0.15) is 5.10 Å². The van der Waals surface area contributed by atoms with Crippen LogP contribution in [0.5, 0.6) is 5.88 Å². The number of benzene rings is 1. The van der Waals surface area contributed by atoms with Gasteiger partial charge in [-0.3, -0.25) is 9.59 Å². The Labute approximate surface area is 143 Å². The van der Waals surface area contributed by atoms with Crippen molar-refractivity contribution in [3.63, 3.8) is 0 Å². The number of para-hydroxylation sites is 1. The van der Waals surface area contributed by atoms with E-state index in [9.17, 15) is 9.59 Å². The number of rotatable bonds is 4. The molecule has 4 rings (SSSR count). The predicted octanol–water partition coefficient (Wildman–Crippen LogP) is 1.08. The molecule has 0 spiro atoms. The highest BCUT2D eigenvalue weighted by molar-refractivity contribution is 5.79. The molecular weight excluding hydrogens is 320 g/mol. The van der Waals surface area contributed by atoms with Gasteiger partial charge in [0.15, 0.2) is 0 Å². The van der Waals surface area contributed by atoms with Gasteiger partial charge in [0.05, 0.1) is 18.6 Å². The van der Waals surface area contributed by atoms with Crippen LogP contribution < -0.4 is 10.3 Å². The number of aromatic nitrogens is 3. The summed E-state index contributed by atoms with van der Waals surface area (Å²) < 4.78 is 6.98. The molecule has 1 aromatic carbocycles. The summed E-state index contributed by atoms with van der Waals surface area (Å²) in [7, 11) is 0. The lowest BCUT2D eigenvalue weighted by Gasteiger charge is -2.38. The molecule has 0 aliphatic carbocycles. The normalized spacial score (nSPS) is 14.3. The molecule has 3 aromatic rings. The molecule has 0 unspecified atom stereocenters. The van der Waals surface area contributed by atoms with Crippen LogP contribution in [-0.4, -0.2) is 44.8 Å². The minimum atomic E-state index is -0.287. The van der Waals surface area contributed by atoms with Gasteiger partial charge in [-0.05, 0) is 18.2 Å². The Balaban J connectivity index is 1.34. The Kier molecular flexibility index (Phi) is 3.89. The Morgan fingerprint density at radius 1 is 1.12 bits per heavy atom. The first-order chi connectivity index (χ1) is 12.2. The second-order valence-electron chi connectivity index (χ2n) is 5.90. The molecule has 1 aliphatic heterocycles. The Morgan fingerprint density at radius 3 is 2.80 bits per heavy atom. The maximum atomic E-state index is 12.2. The van der Waals surface area contributed by atoms with Crippen LogP contribution in [-0.2, 0) is 11.3 Å². The van der Waals surface area contributed by atoms with Gasteiger partial charge in [-0.1, -0.05) is 18.2 Å². The van der Waals surface area contributed by atoms with Gasteiger partial charge in [0.2, 0.25) is 11.8 Å². The lowest BCUT2D eigenvalue weighted by Crippen LogP contribution is -2.57. The van der Waals surface area contributed by atoms with Crippen molar-refractivity contribution >= 4 is 16.8 Å². The van der Waals surface area contributed by atoms with Crippen LogP contribution in [0.25, 0.3) is 10.9 Å². The van der Waals surface area contributed by atoms with Gasteiger partial charge in [0.1, 0.15) is 12.6 Å². The van der Waals surface area contributed by atoms with E-state index in [0.29, 0.717) is 19.0 Å². The third-order valence-electron chi connectivity index (χ3n) is 4.13. The highest BCUT2D eigenvalue weighted by Gasteiger charge is 2.32. The molecule has 25 heavy (non-hydrogen) atoms. The third kappa shape index (κ3) is 3.21. The van der Waals surface area contributed by atoms with Crippen LogP contribution in [0.15, 0.2) is 59.5 Å². The highest BCUT2D eigenvalue weighted by Crippen LogP contribution is 2.20. The van der Waals surface area contributed by atoms with Crippen molar-refractivity contribution in [1.29, 1.82) is 0 Å². The highest BCUT2D eigenvalue weighted by atomic mass is 16.5. The van der Waals surface area contributed by atoms with E-state index in [1.54, 1.807) is 11.0 Å². The Morgan fingerprint density at radius 2 is 1.96 bits per heavy atom. The average Bonchev–Trinajstić information content (AvgIpc) is 2.59. The van der Waals surface area contributed by atoms with Gasteiger partial charge < -0.3 is 9.64 Å². The Hall–Kier alpha value is -3.22. The van der Waals surface area contributed by atoms with E-state index in [0.717, 1.165) is 15.6 Å². The largest absolute Gasteiger partial charge is 0.471 e. The molecule has 3 heterocycles. The van der Waals surface area contributed by atoms with Crippen molar-refractivity contribution < 1.29 is 9.53 Å². The summed E-state index contributed by atoms with van der Waals surface area (Å²) >= 11 is 0. The third-order valence-corrected chi connectivity index (χ3v) is 4.13. The lowest BCUT2D eigenvalue weighted by molar-refractivity contribution is -0.141. The van der Waals surface area contributed by atoms with Crippen molar-refractivity contribution in [1.82, 2.24) is 19.7 Å². The van der Waals surface area contributed by atoms with E-state index >= 15 is 0 Å². The number of carbonyl (C=O) groups is 1. The second-order valence-corrected chi connectivity index (χ2v) is 5.90. The molecule has 0 atom stereocenters. The first-order valence-electron chi connectivity index (χ1n) is 8.01. The number of carbonyl (C=O) groups excluding carboxylic acids is 1. The molecule has 1 amide bonds. The minimum Gasteiger partial charge on any atom is -0.471 e. The lowest BCUT2D eigenvalue weighted by atomic mass is 10.1. The van der Waals surface area contributed by atoms with Gasteiger partial charge >= 0.3 is 0 Å². The number of likely N-dealkylation sites (tertiary alicyclic amines) is 1. The van der Waals surface area contributed by atoms with Gasteiger partial charge in [-0.25, -0.2) is 9.67 Å². The van der Waals surface area contributed by atoms with Crippen LogP contribution in [0, 0.1) is 0 Å². The second kappa shape index (κ2) is 6.35. The molecule has 0 radical (unpaired) electrons. The molecule has 0 saturated carbocycles. The number of ether oxygens (including phenoxy) is 1. The fraction of sp³-hybridized carbons (Fsp3) is 0.222. The van der Waals surface area contributed by atoms with Crippen molar-refractivity contribution in [2.75, 3.05) is 13.1 Å². The summed E-state index contributed by atoms with van der Waals surface area (Å²) in [6.07, 6.45) is 1.40. The smallest absolute Gasteiger partial charge is 0.267 e. The van der Waals surface area contributed by atoms with Crippen LogP contribution in [0.3, 0.4) is 0 Å². The van der Waals surface area contributed by atoms with Gasteiger partial charge in [0.25, 0.3) is 5.56 Å². The van der Waals surface area contributed by atoms with E-state index in [1.807, 2.05) is 36.4 Å². The monoisotopic (exact) mass is 336 g/mol. The van der Waals surface area contributed by atoms with E-state index in [2.05, 4.69) is 10.1 Å². The van der Waals surface area contributed by atoms with Gasteiger partial charge in [0, 0.05) is 23.7 Å². The molecular formula is C18H16N4O3. The fourth-order valence-electron chi connectivity index (χ4n) is 2.73. The molecule has 7 heteroatoms. The minimum absolute atomic E-state index is 0.0549. The Bertz CT molecular complexity index is 979. The van der Waals surface area contributed by atoms with Crippen LogP contribution in [0.4, 0.5) is 0 Å². The maximum Gasteiger partial charge on any atom is 0.267 e. The van der Waals surface area contributed by atoms with E-state index in [1.165, 1.54) is 12.3 Å². The molecule has 1 fully saturated rings. The van der Waals surface area contributed by atoms with Crippen molar-refractivity contribution in [3.8, 4) is 5.88 Å². The van der Waals surface area contributed by atoms with Crippen molar-refractivity contribution in [3.05, 3.63) is 65.1 Å². The average molecular weight is 336 g/mol. The SMILES string of the molecule is O=C(Cn1ncccc1=O)N1CC(Oc2ccc3ccccc3n2)C1. The van der Waals surface area contributed by atoms with Gasteiger partial charge in [-0.15, -0.1) is 0 Å². The first kappa shape index (κ1) is 15.3. The summed E-state index contributed by atoms with van der Waals surface area (Å²) in [5, 5.41) is 4.95. The van der Waals surface area contributed by atoms with Crippen LogP contribution >= 0.6 is 0 Å². The molecule has 126 valence electrons. The quantitative estimate of drug-likeness (QED) is 0.712. The first-order valence-corrected chi connectivity index (χ1v) is 8.01. The number of amides is 1. The van der Waals surface area contributed by atoms with Crippen LogP contribution in [0.1, 0.15) is 0 Å². The molecule has 0 bridgehead atoms. The molecule has 7 nitrogen and oxygen atoms in total. The summed E-state index contributed by atoms with van der Waals surface area (Å²) in [5.41, 5.74) is 0.589. The molecule has 0 N–H and O–H groups in total. The number of hydrogen-bond donors (Lipinski definition) is 0. The number of nitrogens with zero attached hydrogens (tertiary/aromatic N) is 4.